The van der Waals surface area contributed by atoms with Gasteiger partial charge in [-0.25, -0.2) is 4.39 Å². The fourth-order valence-corrected chi connectivity index (χ4v) is 3.88. The molecule has 0 aromatic heterocycles. The Morgan fingerprint density at radius 1 is 1.16 bits per heavy atom. The number of halogens is 2. The van der Waals surface area contributed by atoms with E-state index in [1.54, 1.807) is 6.07 Å². The average Bonchev–Trinajstić information content (AvgIpc) is 2.46. The van der Waals surface area contributed by atoms with Crippen molar-refractivity contribution in [2.75, 3.05) is 18.0 Å². The third kappa shape index (κ3) is 2.74. The average molecular weight is 282 g/mol. The number of benzene rings is 1. The number of anilines is 1. The van der Waals surface area contributed by atoms with Gasteiger partial charge in [-0.1, -0.05) is 25.3 Å². The largest absolute Gasteiger partial charge is 0.369 e. The van der Waals surface area contributed by atoms with Crippen LogP contribution in [0.5, 0.6) is 0 Å². The Hall–Kier alpha value is -0.760. The first-order valence-corrected chi connectivity index (χ1v) is 7.90. The molecule has 19 heavy (non-hydrogen) atoms. The number of nitrogens with zero attached hydrogens (tertiary/aromatic N) is 1. The lowest BCUT2D eigenvalue weighted by molar-refractivity contribution is 0.202. The molecule has 104 valence electrons. The minimum atomic E-state index is -0.118. The number of fused-ring (bicyclic) bond motifs is 1. The van der Waals surface area contributed by atoms with E-state index in [1.165, 1.54) is 32.1 Å². The van der Waals surface area contributed by atoms with Gasteiger partial charge >= 0.3 is 0 Å². The second-order valence-electron chi connectivity index (χ2n) is 5.96. The van der Waals surface area contributed by atoms with Gasteiger partial charge in [0.05, 0.1) is 5.69 Å². The van der Waals surface area contributed by atoms with Crippen molar-refractivity contribution in [1.29, 1.82) is 0 Å². The first-order chi connectivity index (χ1) is 9.28. The molecule has 3 rings (SSSR count). The normalized spacial score (nSPS) is 27.2. The molecule has 2 aliphatic rings. The smallest absolute Gasteiger partial charge is 0.146 e. The van der Waals surface area contributed by atoms with Gasteiger partial charge in [0, 0.05) is 19.0 Å². The predicted molar refractivity (Wildman–Crippen MR) is 78.2 cm³/mol. The minimum Gasteiger partial charge on any atom is -0.369 e. The van der Waals surface area contributed by atoms with Crippen LogP contribution in [0.4, 0.5) is 10.1 Å². The molecule has 1 saturated carbocycles. The molecule has 1 aliphatic heterocycles. The van der Waals surface area contributed by atoms with Crippen LogP contribution < -0.4 is 4.90 Å². The van der Waals surface area contributed by atoms with E-state index in [9.17, 15) is 4.39 Å². The Bertz CT molecular complexity index is 448. The summed E-state index contributed by atoms with van der Waals surface area (Å²) >= 11 is 5.75. The third-order valence-corrected chi connectivity index (χ3v) is 5.11. The molecule has 1 aromatic rings. The van der Waals surface area contributed by atoms with Crippen molar-refractivity contribution in [2.24, 2.45) is 11.8 Å². The summed E-state index contributed by atoms with van der Waals surface area (Å²) in [6, 6.07) is 5.42. The van der Waals surface area contributed by atoms with Crippen molar-refractivity contribution in [2.45, 2.75) is 38.0 Å². The molecule has 0 spiro atoms. The maximum Gasteiger partial charge on any atom is 0.146 e. The highest BCUT2D eigenvalue weighted by Crippen LogP contribution is 2.38. The summed E-state index contributed by atoms with van der Waals surface area (Å²) in [7, 11) is 0. The summed E-state index contributed by atoms with van der Waals surface area (Å²) in [4.78, 5) is 2.24. The summed E-state index contributed by atoms with van der Waals surface area (Å²) in [5, 5.41) is 0. The highest BCUT2D eigenvalue weighted by atomic mass is 35.5. The maximum atomic E-state index is 14.1. The Morgan fingerprint density at radius 2 is 1.95 bits per heavy atom. The van der Waals surface area contributed by atoms with Crippen LogP contribution in [0.25, 0.3) is 0 Å². The molecule has 1 aromatic carbocycles. The van der Waals surface area contributed by atoms with Crippen molar-refractivity contribution >= 4 is 17.3 Å². The highest BCUT2D eigenvalue weighted by Gasteiger charge is 2.31. The lowest BCUT2D eigenvalue weighted by atomic mass is 9.75. The fourth-order valence-electron chi connectivity index (χ4n) is 3.71. The fraction of sp³-hybridized carbons (Fsp3) is 0.625. The molecular weight excluding hydrogens is 261 g/mol. The molecule has 2 atom stereocenters. The molecular formula is C16H21ClFN. The van der Waals surface area contributed by atoms with Crippen LogP contribution in [-0.2, 0) is 5.88 Å². The number of alkyl halides is 1. The lowest BCUT2D eigenvalue weighted by Crippen LogP contribution is -2.42. The summed E-state index contributed by atoms with van der Waals surface area (Å²) < 4.78 is 14.1. The van der Waals surface area contributed by atoms with Crippen LogP contribution >= 0.6 is 11.6 Å². The molecule has 2 unspecified atom stereocenters. The van der Waals surface area contributed by atoms with Crippen molar-refractivity contribution in [3.63, 3.8) is 0 Å². The molecule has 1 saturated heterocycles. The van der Waals surface area contributed by atoms with Gasteiger partial charge in [-0.2, -0.15) is 0 Å². The highest BCUT2D eigenvalue weighted by molar-refractivity contribution is 6.17. The lowest BCUT2D eigenvalue weighted by Gasteiger charge is -2.42. The second kappa shape index (κ2) is 5.70. The molecule has 0 bridgehead atoms. The number of hydrogen-bond acceptors (Lipinski definition) is 1. The van der Waals surface area contributed by atoms with Gasteiger partial charge in [-0.3, -0.25) is 0 Å². The SMILES string of the molecule is Fc1cc(CCl)ccc1N1CCC2CCCCC2C1. The van der Waals surface area contributed by atoms with Gasteiger partial charge in [0.15, 0.2) is 0 Å². The number of hydrogen-bond donors (Lipinski definition) is 0. The Balaban J connectivity index is 1.75. The van der Waals surface area contributed by atoms with Gasteiger partial charge < -0.3 is 4.90 Å². The molecule has 0 amide bonds. The van der Waals surface area contributed by atoms with Gasteiger partial charge in [0.2, 0.25) is 0 Å². The third-order valence-electron chi connectivity index (χ3n) is 4.80. The second-order valence-corrected chi connectivity index (χ2v) is 6.23. The minimum absolute atomic E-state index is 0.118. The topological polar surface area (TPSA) is 3.24 Å². The first kappa shape index (κ1) is 13.2. The van der Waals surface area contributed by atoms with Gasteiger partial charge in [0.25, 0.3) is 0 Å². The number of rotatable bonds is 2. The molecule has 1 heterocycles. The van der Waals surface area contributed by atoms with Crippen LogP contribution in [0.3, 0.4) is 0 Å². The zero-order valence-corrected chi connectivity index (χ0v) is 12.0. The van der Waals surface area contributed by atoms with E-state index in [4.69, 9.17) is 11.6 Å². The van der Waals surface area contributed by atoms with Crippen molar-refractivity contribution < 1.29 is 4.39 Å². The predicted octanol–water partition coefficient (Wildman–Crippen LogP) is 4.58. The Morgan fingerprint density at radius 3 is 2.68 bits per heavy atom. The van der Waals surface area contributed by atoms with E-state index >= 15 is 0 Å². The van der Waals surface area contributed by atoms with E-state index in [-0.39, 0.29) is 5.82 Å². The zero-order chi connectivity index (χ0) is 13.2. The van der Waals surface area contributed by atoms with Crippen LogP contribution in [0.15, 0.2) is 18.2 Å². The summed E-state index contributed by atoms with van der Waals surface area (Å²) in [6.45, 7) is 2.03. The first-order valence-electron chi connectivity index (χ1n) is 7.37. The summed E-state index contributed by atoms with van der Waals surface area (Å²) in [6.07, 6.45) is 6.67. The number of piperidine rings is 1. The molecule has 3 heteroatoms. The standard InChI is InChI=1S/C16H21ClFN/c17-10-12-5-6-16(15(18)9-12)19-8-7-13-3-1-2-4-14(13)11-19/h5-6,9,13-14H,1-4,7-8,10-11H2. The Kier molecular flexibility index (Phi) is 3.97. The summed E-state index contributed by atoms with van der Waals surface area (Å²) in [5.74, 6) is 1.92. The van der Waals surface area contributed by atoms with Crippen molar-refractivity contribution in [1.82, 2.24) is 0 Å². The van der Waals surface area contributed by atoms with E-state index in [0.717, 1.165) is 36.2 Å². The van der Waals surface area contributed by atoms with Gasteiger partial charge in [-0.15, -0.1) is 11.6 Å². The van der Waals surface area contributed by atoms with Crippen LogP contribution in [0, 0.1) is 17.7 Å². The van der Waals surface area contributed by atoms with Gasteiger partial charge in [-0.05, 0) is 42.4 Å². The van der Waals surface area contributed by atoms with Crippen molar-refractivity contribution in [3.8, 4) is 0 Å². The van der Waals surface area contributed by atoms with E-state index in [0.29, 0.717) is 5.88 Å². The van der Waals surface area contributed by atoms with Crippen molar-refractivity contribution in [3.05, 3.63) is 29.6 Å². The van der Waals surface area contributed by atoms with Crippen LogP contribution in [0.2, 0.25) is 0 Å². The molecule has 2 fully saturated rings. The van der Waals surface area contributed by atoms with E-state index in [1.807, 2.05) is 12.1 Å². The molecule has 0 N–H and O–H groups in total. The van der Waals surface area contributed by atoms with E-state index in [2.05, 4.69) is 4.90 Å². The quantitative estimate of drug-likeness (QED) is 0.717. The molecule has 0 radical (unpaired) electrons. The van der Waals surface area contributed by atoms with Crippen LogP contribution in [0.1, 0.15) is 37.7 Å². The monoisotopic (exact) mass is 281 g/mol. The van der Waals surface area contributed by atoms with Crippen LogP contribution in [-0.4, -0.2) is 13.1 Å². The maximum absolute atomic E-state index is 14.1. The van der Waals surface area contributed by atoms with E-state index < -0.39 is 0 Å². The van der Waals surface area contributed by atoms with Gasteiger partial charge in [0.1, 0.15) is 5.82 Å². The molecule has 1 aliphatic carbocycles. The Labute approximate surface area is 119 Å². The summed E-state index contributed by atoms with van der Waals surface area (Å²) in [5.41, 5.74) is 1.62. The zero-order valence-electron chi connectivity index (χ0n) is 11.2. The molecule has 1 nitrogen and oxygen atoms in total.